The summed E-state index contributed by atoms with van der Waals surface area (Å²) in [4.78, 5) is 16.6. The van der Waals surface area contributed by atoms with Crippen molar-refractivity contribution in [1.29, 1.82) is 0 Å². The van der Waals surface area contributed by atoms with Crippen molar-refractivity contribution >= 4 is 23.1 Å². The second kappa shape index (κ2) is 7.09. The number of benzene rings is 1. The van der Waals surface area contributed by atoms with Crippen LogP contribution in [0.2, 0.25) is 5.02 Å². The number of carbonyl (C=O) groups excluding carboxylic acids is 1. The van der Waals surface area contributed by atoms with Gasteiger partial charge in [0, 0.05) is 42.8 Å². The zero-order valence-corrected chi connectivity index (χ0v) is 13.1. The zero-order chi connectivity index (χ0) is 14.5. The molecule has 0 N–H and O–H groups in total. The largest absolute Gasteiger partial charge is 0.369 e. The third-order valence-corrected chi connectivity index (χ3v) is 4.32. The molecule has 0 amide bonds. The van der Waals surface area contributed by atoms with E-state index in [1.54, 1.807) is 0 Å². The van der Waals surface area contributed by atoms with Gasteiger partial charge >= 0.3 is 0 Å². The third kappa shape index (κ3) is 3.97. The summed E-state index contributed by atoms with van der Waals surface area (Å²) in [6.45, 7) is 8.47. The predicted octanol–water partition coefficient (Wildman–Crippen LogP) is 3.08. The first-order chi connectivity index (χ1) is 9.60. The Bertz CT molecular complexity index is 456. The molecule has 1 saturated heterocycles. The van der Waals surface area contributed by atoms with Gasteiger partial charge in [-0.1, -0.05) is 31.5 Å². The van der Waals surface area contributed by atoms with Crippen LogP contribution in [0.5, 0.6) is 0 Å². The minimum Gasteiger partial charge on any atom is -0.369 e. The second-order valence-corrected chi connectivity index (χ2v) is 5.96. The zero-order valence-electron chi connectivity index (χ0n) is 12.3. The van der Waals surface area contributed by atoms with Crippen molar-refractivity contribution in [3.63, 3.8) is 0 Å². The number of anilines is 1. The lowest BCUT2D eigenvalue weighted by Gasteiger charge is -2.36. The summed E-state index contributed by atoms with van der Waals surface area (Å²) in [6.07, 6.45) is 0.932. The Morgan fingerprint density at radius 2 is 2.00 bits per heavy atom. The Morgan fingerprint density at radius 3 is 2.60 bits per heavy atom. The van der Waals surface area contributed by atoms with Crippen LogP contribution >= 0.6 is 11.6 Å². The molecular weight excluding hydrogens is 272 g/mol. The molecule has 1 aromatic rings. The van der Waals surface area contributed by atoms with Gasteiger partial charge in [0.15, 0.2) is 0 Å². The van der Waals surface area contributed by atoms with E-state index >= 15 is 0 Å². The monoisotopic (exact) mass is 294 g/mol. The molecule has 0 bridgehead atoms. The third-order valence-electron chi connectivity index (χ3n) is 4.09. The fourth-order valence-corrected chi connectivity index (χ4v) is 2.63. The van der Waals surface area contributed by atoms with E-state index in [4.69, 9.17) is 11.6 Å². The van der Waals surface area contributed by atoms with E-state index in [0.29, 0.717) is 12.3 Å². The van der Waals surface area contributed by atoms with Crippen LogP contribution < -0.4 is 4.90 Å². The summed E-state index contributed by atoms with van der Waals surface area (Å²) >= 11 is 6.03. The summed E-state index contributed by atoms with van der Waals surface area (Å²) in [7, 11) is 0. The molecule has 1 aromatic carbocycles. The molecule has 1 atom stereocenters. The Kier molecular flexibility index (Phi) is 5.44. The maximum atomic E-state index is 12.0. The number of nitrogens with zero attached hydrogens (tertiary/aromatic N) is 2. The maximum Gasteiger partial charge on any atom is 0.149 e. The predicted molar refractivity (Wildman–Crippen MR) is 84.6 cm³/mol. The van der Waals surface area contributed by atoms with E-state index < -0.39 is 0 Å². The van der Waals surface area contributed by atoms with Gasteiger partial charge in [0.05, 0.1) is 6.54 Å². The number of hydrogen-bond donors (Lipinski definition) is 0. The summed E-state index contributed by atoms with van der Waals surface area (Å²) < 4.78 is 0. The highest BCUT2D eigenvalue weighted by atomic mass is 35.5. The van der Waals surface area contributed by atoms with Crippen LogP contribution in [0.1, 0.15) is 20.3 Å². The Morgan fingerprint density at radius 1 is 1.30 bits per heavy atom. The lowest BCUT2D eigenvalue weighted by atomic mass is 10.0. The van der Waals surface area contributed by atoms with Crippen molar-refractivity contribution in [3.8, 4) is 0 Å². The van der Waals surface area contributed by atoms with Gasteiger partial charge in [-0.2, -0.15) is 0 Å². The van der Waals surface area contributed by atoms with Crippen molar-refractivity contribution in [2.45, 2.75) is 20.3 Å². The van der Waals surface area contributed by atoms with Gasteiger partial charge < -0.3 is 4.90 Å². The Labute approximate surface area is 126 Å². The van der Waals surface area contributed by atoms with Crippen molar-refractivity contribution in [3.05, 3.63) is 29.3 Å². The molecule has 0 aromatic heterocycles. The number of piperazine rings is 1. The van der Waals surface area contributed by atoms with Crippen LogP contribution in [0.15, 0.2) is 24.3 Å². The quantitative estimate of drug-likeness (QED) is 0.834. The molecule has 0 radical (unpaired) electrons. The molecule has 110 valence electrons. The van der Waals surface area contributed by atoms with Gasteiger partial charge in [0.25, 0.3) is 0 Å². The van der Waals surface area contributed by atoms with Gasteiger partial charge in [-0.25, -0.2) is 0 Å². The highest BCUT2D eigenvalue weighted by Gasteiger charge is 2.21. The van der Waals surface area contributed by atoms with Crippen molar-refractivity contribution in [2.75, 3.05) is 37.6 Å². The van der Waals surface area contributed by atoms with Gasteiger partial charge in [-0.3, -0.25) is 9.69 Å². The van der Waals surface area contributed by atoms with E-state index in [1.807, 2.05) is 25.1 Å². The van der Waals surface area contributed by atoms with Gasteiger partial charge in [-0.05, 0) is 24.6 Å². The molecule has 1 aliphatic rings. The topological polar surface area (TPSA) is 23.6 Å². The SMILES string of the molecule is CCC(C)C(=O)CN1CCN(c2cccc(Cl)c2)CC1. The summed E-state index contributed by atoms with van der Waals surface area (Å²) in [6, 6.07) is 7.97. The molecular formula is C16H23ClN2O. The van der Waals surface area contributed by atoms with Crippen molar-refractivity contribution in [1.82, 2.24) is 4.90 Å². The van der Waals surface area contributed by atoms with Crippen LogP contribution in [-0.2, 0) is 4.79 Å². The van der Waals surface area contributed by atoms with E-state index in [-0.39, 0.29) is 5.92 Å². The van der Waals surface area contributed by atoms with Crippen LogP contribution in [0, 0.1) is 5.92 Å². The fraction of sp³-hybridized carbons (Fsp3) is 0.562. The fourth-order valence-electron chi connectivity index (χ4n) is 2.44. The first kappa shape index (κ1) is 15.3. The molecule has 1 unspecified atom stereocenters. The molecule has 0 spiro atoms. The summed E-state index contributed by atoms with van der Waals surface area (Å²) in [5.74, 6) is 0.546. The van der Waals surface area contributed by atoms with Crippen LogP contribution in [0.4, 0.5) is 5.69 Å². The normalized spacial score (nSPS) is 18.1. The molecule has 0 aliphatic carbocycles. The van der Waals surface area contributed by atoms with E-state index in [9.17, 15) is 4.79 Å². The van der Waals surface area contributed by atoms with E-state index in [1.165, 1.54) is 5.69 Å². The van der Waals surface area contributed by atoms with Gasteiger partial charge in [0.2, 0.25) is 0 Å². The first-order valence-corrected chi connectivity index (χ1v) is 7.73. The summed E-state index contributed by atoms with van der Waals surface area (Å²) in [5, 5.41) is 0.775. The molecule has 0 saturated carbocycles. The maximum absolute atomic E-state index is 12.0. The van der Waals surface area contributed by atoms with Crippen molar-refractivity contribution < 1.29 is 4.79 Å². The Balaban J connectivity index is 1.85. The second-order valence-electron chi connectivity index (χ2n) is 5.52. The summed E-state index contributed by atoms with van der Waals surface area (Å²) in [5.41, 5.74) is 1.17. The molecule has 2 rings (SSSR count). The molecule has 4 heteroatoms. The average molecular weight is 295 g/mol. The van der Waals surface area contributed by atoms with Crippen LogP contribution in [-0.4, -0.2) is 43.4 Å². The number of halogens is 1. The minimum absolute atomic E-state index is 0.181. The molecule has 1 heterocycles. The average Bonchev–Trinajstić information content (AvgIpc) is 2.47. The first-order valence-electron chi connectivity index (χ1n) is 7.35. The van der Waals surface area contributed by atoms with E-state index in [0.717, 1.165) is 37.6 Å². The smallest absolute Gasteiger partial charge is 0.149 e. The highest BCUT2D eigenvalue weighted by molar-refractivity contribution is 6.30. The van der Waals surface area contributed by atoms with Gasteiger partial charge in [0.1, 0.15) is 5.78 Å². The molecule has 1 aliphatic heterocycles. The molecule has 20 heavy (non-hydrogen) atoms. The number of carbonyl (C=O) groups is 1. The van der Waals surface area contributed by atoms with Crippen LogP contribution in [0.3, 0.4) is 0 Å². The number of hydrogen-bond acceptors (Lipinski definition) is 3. The standard InChI is InChI=1S/C16H23ClN2O/c1-3-13(2)16(20)12-18-7-9-19(10-8-18)15-6-4-5-14(17)11-15/h4-6,11,13H,3,7-10,12H2,1-2H3. The lowest BCUT2D eigenvalue weighted by molar-refractivity contribution is -0.123. The lowest BCUT2D eigenvalue weighted by Crippen LogP contribution is -2.48. The Hall–Kier alpha value is -1.06. The van der Waals surface area contributed by atoms with Crippen LogP contribution in [0.25, 0.3) is 0 Å². The minimum atomic E-state index is 0.181. The van der Waals surface area contributed by atoms with E-state index in [2.05, 4.69) is 22.8 Å². The molecule has 1 fully saturated rings. The van der Waals surface area contributed by atoms with Gasteiger partial charge in [-0.15, -0.1) is 0 Å². The number of Topliss-reactive ketones (excluding diaryl/α,β-unsaturated/α-hetero) is 1. The van der Waals surface area contributed by atoms with Crippen molar-refractivity contribution in [2.24, 2.45) is 5.92 Å². The molecule has 3 nitrogen and oxygen atoms in total. The number of rotatable bonds is 5. The number of ketones is 1. The highest BCUT2D eigenvalue weighted by Crippen LogP contribution is 2.20.